The van der Waals surface area contributed by atoms with Crippen molar-refractivity contribution < 1.29 is 19.1 Å². The third-order valence-electron chi connectivity index (χ3n) is 3.37. The van der Waals surface area contributed by atoms with E-state index in [0.29, 0.717) is 16.3 Å². The first kappa shape index (κ1) is 17.8. The van der Waals surface area contributed by atoms with Gasteiger partial charge in [0.15, 0.2) is 12.4 Å². The second-order valence-corrected chi connectivity index (χ2v) is 5.51. The molecule has 0 aromatic heterocycles. The van der Waals surface area contributed by atoms with Crippen molar-refractivity contribution in [1.29, 1.82) is 0 Å². The normalized spacial score (nSPS) is 10.6. The van der Waals surface area contributed by atoms with Crippen LogP contribution in [0.2, 0.25) is 5.02 Å². The standard InChI is InChI=1S/C19H17ClO4/c1-13-3-4-14(11-17(13)20)5-10-19(22)24-12-18(21)15-6-8-16(23-2)9-7-15/h3-11H,12H2,1-2H3/b10-5+. The van der Waals surface area contributed by atoms with Crippen molar-refractivity contribution in [2.75, 3.05) is 13.7 Å². The second kappa shape index (κ2) is 8.31. The molecule has 0 spiro atoms. The Kier molecular flexibility index (Phi) is 6.15. The summed E-state index contributed by atoms with van der Waals surface area (Å²) in [5, 5.41) is 0.625. The molecule has 0 heterocycles. The van der Waals surface area contributed by atoms with Crippen molar-refractivity contribution in [3.8, 4) is 5.75 Å². The van der Waals surface area contributed by atoms with Gasteiger partial charge in [0.05, 0.1) is 7.11 Å². The van der Waals surface area contributed by atoms with Crippen LogP contribution < -0.4 is 4.74 Å². The molecule has 24 heavy (non-hydrogen) atoms. The van der Waals surface area contributed by atoms with Crippen LogP contribution in [0, 0.1) is 6.92 Å². The topological polar surface area (TPSA) is 52.6 Å². The number of hydrogen-bond acceptors (Lipinski definition) is 4. The Morgan fingerprint density at radius 3 is 2.46 bits per heavy atom. The van der Waals surface area contributed by atoms with E-state index in [0.717, 1.165) is 11.1 Å². The second-order valence-electron chi connectivity index (χ2n) is 5.10. The van der Waals surface area contributed by atoms with Gasteiger partial charge in [0, 0.05) is 16.7 Å². The molecule has 0 bridgehead atoms. The summed E-state index contributed by atoms with van der Waals surface area (Å²) in [5.41, 5.74) is 2.20. The number of esters is 1. The van der Waals surface area contributed by atoms with Gasteiger partial charge >= 0.3 is 5.97 Å². The lowest BCUT2D eigenvalue weighted by Crippen LogP contribution is -2.12. The maximum Gasteiger partial charge on any atom is 0.331 e. The molecule has 0 N–H and O–H groups in total. The van der Waals surface area contributed by atoms with Crippen molar-refractivity contribution >= 4 is 29.4 Å². The summed E-state index contributed by atoms with van der Waals surface area (Å²) in [6.07, 6.45) is 2.85. The largest absolute Gasteiger partial charge is 0.497 e. The van der Waals surface area contributed by atoms with E-state index >= 15 is 0 Å². The lowest BCUT2D eigenvalue weighted by molar-refractivity contribution is -0.136. The molecule has 2 rings (SSSR count). The van der Waals surface area contributed by atoms with Crippen molar-refractivity contribution in [1.82, 2.24) is 0 Å². The molecule has 0 aliphatic heterocycles. The monoisotopic (exact) mass is 344 g/mol. The molecule has 0 saturated heterocycles. The number of ketones is 1. The number of methoxy groups -OCH3 is 1. The highest BCUT2D eigenvalue weighted by Crippen LogP contribution is 2.17. The lowest BCUT2D eigenvalue weighted by atomic mass is 10.1. The third kappa shape index (κ3) is 4.96. The van der Waals surface area contributed by atoms with Crippen LogP contribution in [0.25, 0.3) is 6.08 Å². The van der Waals surface area contributed by atoms with Gasteiger partial charge < -0.3 is 9.47 Å². The highest BCUT2D eigenvalue weighted by molar-refractivity contribution is 6.31. The van der Waals surface area contributed by atoms with Crippen LogP contribution in [-0.2, 0) is 9.53 Å². The summed E-state index contributed by atoms with van der Waals surface area (Å²) >= 11 is 6.02. The Bertz CT molecular complexity index is 763. The van der Waals surface area contributed by atoms with Crippen molar-refractivity contribution in [2.45, 2.75) is 6.92 Å². The van der Waals surface area contributed by atoms with Crippen molar-refractivity contribution in [2.24, 2.45) is 0 Å². The Morgan fingerprint density at radius 1 is 1.12 bits per heavy atom. The zero-order valence-electron chi connectivity index (χ0n) is 13.4. The van der Waals surface area contributed by atoms with E-state index in [1.807, 2.05) is 19.1 Å². The molecule has 0 radical (unpaired) electrons. The summed E-state index contributed by atoms with van der Waals surface area (Å²) in [4.78, 5) is 23.6. The van der Waals surface area contributed by atoms with Gasteiger partial charge in [0.2, 0.25) is 0 Å². The van der Waals surface area contributed by atoms with Crippen molar-refractivity contribution in [3.05, 3.63) is 70.3 Å². The van der Waals surface area contributed by atoms with Gasteiger partial charge in [-0.1, -0.05) is 23.7 Å². The van der Waals surface area contributed by atoms with Gasteiger partial charge in [-0.05, 0) is 54.5 Å². The molecule has 124 valence electrons. The Labute approximate surface area is 145 Å². The zero-order chi connectivity index (χ0) is 17.5. The van der Waals surface area contributed by atoms with Gasteiger partial charge in [-0.3, -0.25) is 4.79 Å². The molecule has 0 saturated carbocycles. The number of benzene rings is 2. The maximum atomic E-state index is 11.9. The molecule has 2 aromatic carbocycles. The Morgan fingerprint density at radius 2 is 1.83 bits per heavy atom. The Balaban J connectivity index is 1.88. The highest BCUT2D eigenvalue weighted by Gasteiger charge is 2.08. The summed E-state index contributed by atoms with van der Waals surface area (Å²) in [6, 6.07) is 12.1. The number of rotatable bonds is 6. The smallest absolute Gasteiger partial charge is 0.331 e. The fourth-order valence-electron chi connectivity index (χ4n) is 1.92. The molecule has 2 aromatic rings. The van der Waals surface area contributed by atoms with Gasteiger partial charge in [0.1, 0.15) is 5.75 Å². The molecule has 0 fully saturated rings. The molecular formula is C19H17ClO4. The van der Waals surface area contributed by atoms with Crippen LogP contribution in [0.3, 0.4) is 0 Å². The van der Waals surface area contributed by atoms with E-state index in [1.165, 1.54) is 6.08 Å². The van der Waals surface area contributed by atoms with Crippen LogP contribution >= 0.6 is 11.6 Å². The minimum absolute atomic E-state index is 0.280. The number of aryl methyl sites for hydroxylation is 1. The van der Waals surface area contributed by atoms with Crippen LogP contribution in [0.4, 0.5) is 0 Å². The predicted molar refractivity (Wildman–Crippen MR) is 93.5 cm³/mol. The van der Waals surface area contributed by atoms with E-state index in [-0.39, 0.29) is 12.4 Å². The highest BCUT2D eigenvalue weighted by atomic mass is 35.5. The maximum absolute atomic E-state index is 11.9. The predicted octanol–water partition coefficient (Wildman–Crippen LogP) is 4.10. The van der Waals surface area contributed by atoms with Crippen LogP contribution in [0.5, 0.6) is 5.75 Å². The molecule has 0 unspecified atom stereocenters. The summed E-state index contributed by atoms with van der Waals surface area (Å²) in [6.45, 7) is 1.58. The zero-order valence-corrected chi connectivity index (χ0v) is 14.2. The molecule has 4 nitrogen and oxygen atoms in total. The summed E-state index contributed by atoms with van der Waals surface area (Å²) in [5.74, 6) is -0.213. The van der Waals surface area contributed by atoms with Crippen LogP contribution in [-0.4, -0.2) is 25.5 Å². The van der Waals surface area contributed by atoms with Gasteiger partial charge in [-0.2, -0.15) is 0 Å². The lowest BCUT2D eigenvalue weighted by Gasteiger charge is -2.03. The molecule has 0 aliphatic rings. The summed E-state index contributed by atoms with van der Waals surface area (Å²) in [7, 11) is 1.55. The van der Waals surface area contributed by atoms with Crippen LogP contribution in [0.1, 0.15) is 21.5 Å². The average Bonchev–Trinajstić information content (AvgIpc) is 2.60. The molecule has 0 amide bonds. The first-order chi connectivity index (χ1) is 11.5. The van der Waals surface area contributed by atoms with Gasteiger partial charge in [-0.25, -0.2) is 4.79 Å². The minimum Gasteiger partial charge on any atom is -0.497 e. The molecule has 5 heteroatoms. The first-order valence-electron chi connectivity index (χ1n) is 7.28. The number of carbonyl (C=O) groups is 2. The fraction of sp³-hybridized carbons (Fsp3) is 0.158. The first-order valence-corrected chi connectivity index (χ1v) is 7.65. The number of Topliss-reactive ketones (excluding diaryl/α,β-unsaturated/α-hetero) is 1. The van der Waals surface area contributed by atoms with E-state index in [2.05, 4.69) is 0 Å². The molecule has 0 atom stereocenters. The number of carbonyl (C=O) groups excluding carboxylic acids is 2. The van der Waals surface area contributed by atoms with Gasteiger partial charge in [0.25, 0.3) is 0 Å². The quantitative estimate of drug-likeness (QED) is 0.450. The average molecular weight is 345 g/mol. The Hall–Kier alpha value is -2.59. The number of ether oxygens (including phenoxy) is 2. The summed E-state index contributed by atoms with van der Waals surface area (Å²) < 4.78 is 9.97. The molecular weight excluding hydrogens is 328 g/mol. The SMILES string of the molecule is COc1ccc(C(=O)COC(=O)/C=C/c2ccc(C)c(Cl)c2)cc1. The van der Waals surface area contributed by atoms with Crippen LogP contribution in [0.15, 0.2) is 48.5 Å². The van der Waals surface area contributed by atoms with Crippen molar-refractivity contribution in [3.63, 3.8) is 0 Å². The number of halogens is 1. The van der Waals surface area contributed by atoms with E-state index in [9.17, 15) is 9.59 Å². The van der Waals surface area contributed by atoms with E-state index in [4.69, 9.17) is 21.1 Å². The number of hydrogen-bond donors (Lipinski definition) is 0. The van der Waals surface area contributed by atoms with E-state index < -0.39 is 5.97 Å². The fourth-order valence-corrected chi connectivity index (χ4v) is 2.11. The van der Waals surface area contributed by atoms with Gasteiger partial charge in [-0.15, -0.1) is 0 Å². The molecule has 0 aliphatic carbocycles. The third-order valence-corrected chi connectivity index (χ3v) is 3.77. The van der Waals surface area contributed by atoms with E-state index in [1.54, 1.807) is 43.5 Å². The minimum atomic E-state index is -0.589.